The first-order valence-corrected chi connectivity index (χ1v) is 8.89. The molecule has 0 saturated heterocycles. The van der Waals surface area contributed by atoms with Crippen LogP contribution in [0.5, 0.6) is 0 Å². The molecule has 0 unspecified atom stereocenters. The van der Waals surface area contributed by atoms with E-state index in [1.54, 1.807) is 6.92 Å². The lowest BCUT2D eigenvalue weighted by molar-refractivity contribution is -0.143. The number of pyridine rings is 1. The lowest BCUT2D eigenvalue weighted by Gasteiger charge is -2.15. The van der Waals surface area contributed by atoms with Gasteiger partial charge in [0.15, 0.2) is 5.65 Å². The second-order valence-electron chi connectivity index (χ2n) is 7.22. The number of aryl methyl sites for hydroxylation is 1. The van der Waals surface area contributed by atoms with Crippen molar-refractivity contribution in [1.29, 1.82) is 0 Å². The largest absolute Gasteiger partial charge is 0.481 e. The van der Waals surface area contributed by atoms with Crippen molar-refractivity contribution in [3.8, 4) is 0 Å². The number of carbonyl (C=O) groups is 2. The topological polar surface area (TPSA) is 134 Å². The highest BCUT2D eigenvalue weighted by Gasteiger charge is 2.50. The van der Waals surface area contributed by atoms with Gasteiger partial charge < -0.3 is 10.4 Å². The van der Waals surface area contributed by atoms with Gasteiger partial charge in [-0.05, 0) is 31.7 Å². The van der Waals surface area contributed by atoms with Crippen LogP contribution in [0.4, 0.5) is 0 Å². The molecule has 0 aliphatic heterocycles. The van der Waals surface area contributed by atoms with Crippen molar-refractivity contribution in [2.45, 2.75) is 46.1 Å². The molecule has 1 amide bonds. The van der Waals surface area contributed by atoms with E-state index < -0.39 is 28.5 Å². The fourth-order valence-electron chi connectivity index (χ4n) is 3.02. The van der Waals surface area contributed by atoms with Crippen LogP contribution in [0.15, 0.2) is 15.7 Å². The Kier molecular flexibility index (Phi) is 4.63. The standard InChI is InChI=1S/C18H22N4O5/c1-4-22-13-12(15(24)21-17(22)27)10(7-11(20-13)9(2)3)14(23)19-8-18(5-6-18)16(25)26/h7,9H,4-6,8H2,1-3H3,(H,19,23)(H,25,26)(H,21,24,27). The monoisotopic (exact) mass is 374 g/mol. The van der Waals surface area contributed by atoms with Crippen LogP contribution in [-0.2, 0) is 11.3 Å². The number of carboxylic acid groups (broad SMARTS) is 1. The fraction of sp³-hybridized carbons (Fsp3) is 0.500. The van der Waals surface area contributed by atoms with Crippen LogP contribution in [0.1, 0.15) is 55.6 Å². The maximum Gasteiger partial charge on any atom is 0.329 e. The highest BCUT2D eigenvalue weighted by atomic mass is 16.4. The molecule has 2 aromatic rings. The molecule has 3 rings (SSSR count). The van der Waals surface area contributed by atoms with E-state index in [1.165, 1.54) is 10.6 Å². The lowest BCUT2D eigenvalue weighted by Crippen LogP contribution is -2.36. The van der Waals surface area contributed by atoms with E-state index in [-0.39, 0.29) is 35.6 Å². The average Bonchev–Trinajstić information content (AvgIpc) is 3.40. The first-order chi connectivity index (χ1) is 12.7. The Hall–Kier alpha value is -2.97. The van der Waals surface area contributed by atoms with Crippen LogP contribution < -0.4 is 16.6 Å². The summed E-state index contributed by atoms with van der Waals surface area (Å²) in [6.45, 7) is 5.80. The summed E-state index contributed by atoms with van der Waals surface area (Å²) in [6.07, 6.45) is 1.01. The Labute approximate surface area is 154 Å². The molecule has 1 aliphatic rings. The molecular formula is C18H22N4O5. The Morgan fingerprint density at radius 1 is 1.37 bits per heavy atom. The van der Waals surface area contributed by atoms with Crippen molar-refractivity contribution in [3.63, 3.8) is 0 Å². The summed E-state index contributed by atoms with van der Waals surface area (Å²) in [4.78, 5) is 55.3. The third-order valence-corrected chi connectivity index (χ3v) is 5.02. The number of aromatic nitrogens is 3. The van der Waals surface area contributed by atoms with Gasteiger partial charge in [0.2, 0.25) is 0 Å². The molecule has 2 aromatic heterocycles. The zero-order valence-corrected chi connectivity index (χ0v) is 15.5. The van der Waals surface area contributed by atoms with E-state index in [0.717, 1.165) is 0 Å². The molecular weight excluding hydrogens is 352 g/mol. The minimum absolute atomic E-state index is 0.00663. The summed E-state index contributed by atoms with van der Waals surface area (Å²) >= 11 is 0. The minimum atomic E-state index is -0.942. The smallest absolute Gasteiger partial charge is 0.329 e. The fourth-order valence-corrected chi connectivity index (χ4v) is 3.02. The number of fused-ring (bicyclic) bond motifs is 1. The van der Waals surface area contributed by atoms with E-state index in [4.69, 9.17) is 0 Å². The number of hydrogen-bond donors (Lipinski definition) is 3. The molecule has 1 aliphatic carbocycles. The highest BCUT2D eigenvalue weighted by molar-refractivity contribution is 6.05. The average molecular weight is 374 g/mol. The number of nitrogens with zero attached hydrogens (tertiary/aromatic N) is 2. The highest BCUT2D eigenvalue weighted by Crippen LogP contribution is 2.45. The van der Waals surface area contributed by atoms with Gasteiger partial charge in [-0.2, -0.15) is 0 Å². The van der Waals surface area contributed by atoms with Crippen molar-refractivity contribution < 1.29 is 14.7 Å². The van der Waals surface area contributed by atoms with Gasteiger partial charge in [-0.15, -0.1) is 0 Å². The summed E-state index contributed by atoms with van der Waals surface area (Å²) in [7, 11) is 0. The van der Waals surface area contributed by atoms with Gasteiger partial charge in [0.05, 0.1) is 16.4 Å². The first kappa shape index (κ1) is 18.8. The molecule has 9 nitrogen and oxygen atoms in total. The van der Waals surface area contributed by atoms with Gasteiger partial charge >= 0.3 is 11.7 Å². The van der Waals surface area contributed by atoms with Gasteiger partial charge in [0.1, 0.15) is 0 Å². The first-order valence-electron chi connectivity index (χ1n) is 8.89. The summed E-state index contributed by atoms with van der Waals surface area (Å²) in [5.74, 6) is -1.53. The van der Waals surface area contributed by atoms with Crippen LogP contribution in [0.25, 0.3) is 11.0 Å². The summed E-state index contributed by atoms with van der Waals surface area (Å²) in [5.41, 5.74) is -1.38. The maximum atomic E-state index is 12.8. The van der Waals surface area contributed by atoms with E-state index in [2.05, 4.69) is 15.3 Å². The number of aliphatic carboxylic acids is 1. The minimum Gasteiger partial charge on any atom is -0.481 e. The molecule has 0 radical (unpaired) electrons. The molecule has 27 heavy (non-hydrogen) atoms. The summed E-state index contributed by atoms with van der Waals surface area (Å²) in [6, 6.07) is 1.53. The molecule has 144 valence electrons. The van der Waals surface area contributed by atoms with E-state index in [9.17, 15) is 24.3 Å². The SMILES string of the molecule is CCn1c(=O)[nH]c(=O)c2c(C(=O)NCC3(C(=O)O)CC3)cc(C(C)C)nc21. The second kappa shape index (κ2) is 6.64. The van der Waals surface area contributed by atoms with E-state index in [0.29, 0.717) is 18.5 Å². The zero-order valence-electron chi connectivity index (χ0n) is 15.5. The molecule has 0 spiro atoms. The predicted molar refractivity (Wildman–Crippen MR) is 98.0 cm³/mol. The van der Waals surface area contributed by atoms with Gasteiger partial charge in [-0.1, -0.05) is 13.8 Å². The number of nitrogens with one attached hydrogen (secondary N) is 2. The lowest BCUT2D eigenvalue weighted by atomic mass is 10.0. The third kappa shape index (κ3) is 3.24. The quantitative estimate of drug-likeness (QED) is 0.685. The van der Waals surface area contributed by atoms with Gasteiger partial charge in [-0.3, -0.25) is 23.9 Å². The molecule has 0 atom stereocenters. The van der Waals surface area contributed by atoms with Crippen molar-refractivity contribution >= 4 is 22.9 Å². The van der Waals surface area contributed by atoms with Crippen LogP contribution in [0.2, 0.25) is 0 Å². The number of carboxylic acids is 1. The van der Waals surface area contributed by atoms with E-state index in [1.807, 2.05) is 13.8 Å². The zero-order chi connectivity index (χ0) is 19.9. The Morgan fingerprint density at radius 2 is 2.04 bits per heavy atom. The van der Waals surface area contributed by atoms with Crippen molar-refractivity contribution in [1.82, 2.24) is 19.9 Å². The summed E-state index contributed by atoms with van der Waals surface area (Å²) in [5, 5.41) is 11.9. The Morgan fingerprint density at radius 3 is 2.56 bits per heavy atom. The van der Waals surface area contributed by atoms with Crippen LogP contribution in [0.3, 0.4) is 0 Å². The molecule has 3 N–H and O–H groups in total. The van der Waals surface area contributed by atoms with Crippen LogP contribution >= 0.6 is 0 Å². The number of rotatable bonds is 6. The molecule has 0 bridgehead atoms. The molecule has 1 saturated carbocycles. The Balaban J connectivity index is 2.13. The maximum absolute atomic E-state index is 12.8. The van der Waals surface area contributed by atoms with Crippen LogP contribution in [-0.4, -0.2) is 38.1 Å². The normalized spacial score (nSPS) is 15.1. The molecule has 0 aromatic carbocycles. The molecule has 9 heteroatoms. The number of H-pyrrole nitrogens is 1. The Bertz CT molecular complexity index is 1050. The molecule has 2 heterocycles. The number of amides is 1. The molecule has 1 fully saturated rings. The number of aromatic amines is 1. The second-order valence-corrected chi connectivity index (χ2v) is 7.22. The van der Waals surface area contributed by atoms with Gasteiger partial charge in [0.25, 0.3) is 11.5 Å². The number of hydrogen-bond acceptors (Lipinski definition) is 5. The van der Waals surface area contributed by atoms with Gasteiger partial charge in [-0.25, -0.2) is 9.78 Å². The van der Waals surface area contributed by atoms with Crippen molar-refractivity contribution in [2.75, 3.05) is 6.54 Å². The predicted octanol–water partition coefficient (Wildman–Crippen LogP) is 0.823. The summed E-state index contributed by atoms with van der Waals surface area (Å²) < 4.78 is 1.30. The van der Waals surface area contributed by atoms with Crippen molar-refractivity contribution in [3.05, 3.63) is 38.2 Å². The van der Waals surface area contributed by atoms with Crippen LogP contribution in [0, 0.1) is 5.41 Å². The number of carbonyl (C=O) groups excluding carboxylic acids is 1. The van der Waals surface area contributed by atoms with Crippen molar-refractivity contribution in [2.24, 2.45) is 5.41 Å². The van der Waals surface area contributed by atoms with Gasteiger partial charge in [0, 0.05) is 18.8 Å². The third-order valence-electron chi connectivity index (χ3n) is 5.02. The van der Waals surface area contributed by atoms with E-state index >= 15 is 0 Å².